The van der Waals surface area contributed by atoms with Crippen molar-refractivity contribution >= 4 is 23.6 Å². The molecule has 0 spiro atoms. The average Bonchev–Trinajstić information content (AvgIpc) is 3.01. The van der Waals surface area contributed by atoms with Crippen LogP contribution in [-0.4, -0.2) is 31.8 Å². The zero-order chi connectivity index (χ0) is 16.8. The summed E-state index contributed by atoms with van der Waals surface area (Å²) in [6.07, 6.45) is 1.63. The predicted molar refractivity (Wildman–Crippen MR) is 87.8 cm³/mol. The van der Waals surface area contributed by atoms with E-state index in [-0.39, 0.29) is 17.9 Å². The molecule has 2 aromatic rings. The van der Waals surface area contributed by atoms with Gasteiger partial charge in [-0.15, -0.1) is 10.2 Å². The van der Waals surface area contributed by atoms with Gasteiger partial charge >= 0.3 is 0 Å². The molecule has 0 unspecified atom stereocenters. The molecule has 0 saturated carbocycles. The summed E-state index contributed by atoms with van der Waals surface area (Å²) in [7, 11) is 0. The summed E-state index contributed by atoms with van der Waals surface area (Å²) in [5.74, 6) is -0.668. The third-order valence-corrected chi connectivity index (χ3v) is 4.15. The molecule has 2 N–H and O–H groups in total. The van der Waals surface area contributed by atoms with E-state index in [0.29, 0.717) is 10.7 Å². The Morgan fingerprint density at radius 3 is 2.48 bits per heavy atom. The number of carbonyl (C=O) groups is 2. The monoisotopic (exact) mass is 333 g/mol. The SMILES string of the molecule is CC(C)n1cnnc1S[C@H](C)C(=O)NNC(=O)c1ccccc1. The van der Waals surface area contributed by atoms with Crippen molar-refractivity contribution in [3.05, 3.63) is 42.2 Å². The van der Waals surface area contributed by atoms with Crippen molar-refractivity contribution in [2.45, 2.75) is 37.2 Å². The molecule has 2 amide bonds. The van der Waals surface area contributed by atoms with Crippen LogP contribution in [0.1, 0.15) is 37.2 Å². The van der Waals surface area contributed by atoms with Gasteiger partial charge in [0.1, 0.15) is 6.33 Å². The number of thioether (sulfide) groups is 1. The van der Waals surface area contributed by atoms with E-state index < -0.39 is 5.25 Å². The maximum atomic E-state index is 12.1. The first-order valence-corrected chi connectivity index (χ1v) is 8.08. The molecule has 8 heteroatoms. The Morgan fingerprint density at radius 2 is 1.83 bits per heavy atom. The third kappa shape index (κ3) is 4.56. The van der Waals surface area contributed by atoms with E-state index in [1.807, 2.05) is 24.5 Å². The molecule has 0 saturated heterocycles. The van der Waals surface area contributed by atoms with E-state index in [9.17, 15) is 9.59 Å². The summed E-state index contributed by atoms with van der Waals surface area (Å²) in [6, 6.07) is 8.89. The first-order chi connectivity index (χ1) is 11.0. The van der Waals surface area contributed by atoms with Crippen LogP contribution in [0.5, 0.6) is 0 Å². The number of carbonyl (C=O) groups excluding carboxylic acids is 2. The number of hydrogen-bond acceptors (Lipinski definition) is 5. The van der Waals surface area contributed by atoms with Gasteiger partial charge in [0.25, 0.3) is 11.8 Å². The number of nitrogens with one attached hydrogen (secondary N) is 2. The van der Waals surface area contributed by atoms with E-state index in [1.54, 1.807) is 37.5 Å². The molecule has 1 heterocycles. The highest BCUT2D eigenvalue weighted by Gasteiger charge is 2.19. The molecule has 1 aromatic heterocycles. The van der Waals surface area contributed by atoms with Gasteiger partial charge in [0.2, 0.25) is 0 Å². The summed E-state index contributed by atoms with van der Waals surface area (Å²) in [6.45, 7) is 5.77. The number of rotatable bonds is 5. The maximum absolute atomic E-state index is 12.1. The largest absolute Gasteiger partial charge is 0.306 e. The average molecular weight is 333 g/mol. The van der Waals surface area contributed by atoms with E-state index >= 15 is 0 Å². The lowest BCUT2D eigenvalue weighted by Crippen LogP contribution is -2.44. The Balaban J connectivity index is 1.88. The van der Waals surface area contributed by atoms with Gasteiger partial charge in [-0.1, -0.05) is 30.0 Å². The molecule has 1 aromatic carbocycles. The Morgan fingerprint density at radius 1 is 1.13 bits per heavy atom. The van der Waals surface area contributed by atoms with Crippen molar-refractivity contribution in [3.8, 4) is 0 Å². The Labute approximate surface area is 138 Å². The molecular weight excluding hydrogens is 314 g/mol. The molecular formula is C15H19N5O2S. The van der Waals surface area contributed by atoms with E-state index in [2.05, 4.69) is 21.0 Å². The molecule has 0 fully saturated rings. The fraction of sp³-hybridized carbons (Fsp3) is 0.333. The molecule has 0 radical (unpaired) electrons. The number of nitrogens with zero attached hydrogens (tertiary/aromatic N) is 3. The van der Waals surface area contributed by atoms with Gasteiger partial charge in [0.15, 0.2) is 5.16 Å². The highest BCUT2D eigenvalue weighted by molar-refractivity contribution is 8.00. The standard InChI is InChI=1S/C15H19N5O2S/c1-10(2)20-9-16-19-15(20)23-11(3)13(21)17-18-14(22)12-7-5-4-6-8-12/h4-11H,1-3H3,(H,17,21)(H,18,22)/t11-/m1/s1. The lowest BCUT2D eigenvalue weighted by atomic mass is 10.2. The van der Waals surface area contributed by atoms with Crippen LogP contribution in [0.15, 0.2) is 41.8 Å². The maximum Gasteiger partial charge on any atom is 0.269 e. The summed E-state index contributed by atoms with van der Waals surface area (Å²) in [5, 5.41) is 8.11. The van der Waals surface area contributed by atoms with Crippen molar-refractivity contribution in [1.29, 1.82) is 0 Å². The molecule has 2 rings (SSSR count). The van der Waals surface area contributed by atoms with Crippen LogP contribution in [0.4, 0.5) is 0 Å². The summed E-state index contributed by atoms with van der Waals surface area (Å²) >= 11 is 1.29. The predicted octanol–water partition coefficient (Wildman–Crippen LogP) is 1.80. The van der Waals surface area contributed by atoms with Gasteiger partial charge in [-0.2, -0.15) is 0 Å². The van der Waals surface area contributed by atoms with Gasteiger partial charge < -0.3 is 4.57 Å². The normalized spacial score (nSPS) is 12.0. The third-order valence-electron chi connectivity index (χ3n) is 3.08. The molecule has 0 bridgehead atoms. The van der Waals surface area contributed by atoms with Gasteiger partial charge in [0.05, 0.1) is 5.25 Å². The van der Waals surface area contributed by atoms with Crippen LogP contribution < -0.4 is 10.9 Å². The van der Waals surface area contributed by atoms with E-state index in [0.717, 1.165) is 0 Å². The van der Waals surface area contributed by atoms with Crippen molar-refractivity contribution < 1.29 is 9.59 Å². The second-order valence-electron chi connectivity index (χ2n) is 5.18. The molecule has 0 aliphatic heterocycles. The van der Waals surface area contributed by atoms with Crippen molar-refractivity contribution in [1.82, 2.24) is 25.6 Å². The molecule has 122 valence electrons. The minimum absolute atomic E-state index is 0.209. The highest BCUT2D eigenvalue weighted by Crippen LogP contribution is 2.23. The molecule has 7 nitrogen and oxygen atoms in total. The second-order valence-corrected chi connectivity index (χ2v) is 6.49. The topological polar surface area (TPSA) is 88.9 Å². The van der Waals surface area contributed by atoms with Crippen LogP contribution in [0.2, 0.25) is 0 Å². The zero-order valence-electron chi connectivity index (χ0n) is 13.2. The number of benzene rings is 1. The molecule has 1 atom stereocenters. The van der Waals surface area contributed by atoms with Crippen molar-refractivity contribution in [2.75, 3.05) is 0 Å². The Bertz CT molecular complexity index is 672. The fourth-order valence-electron chi connectivity index (χ4n) is 1.76. The summed E-state index contributed by atoms with van der Waals surface area (Å²) < 4.78 is 1.89. The first kappa shape index (κ1) is 17.0. The van der Waals surface area contributed by atoms with Gasteiger partial charge in [-0.25, -0.2) is 0 Å². The highest BCUT2D eigenvalue weighted by atomic mass is 32.2. The number of aromatic nitrogens is 3. The van der Waals surface area contributed by atoms with Crippen molar-refractivity contribution in [3.63, 3.8) is 0 Å². The first-order valence-electron chi connectivity index (χ1n) is 7.20. The van der Waals surface area contributed by atoms with E-state index in [4.69, 9.17) is 0 Å². The minimum atomic E-state index is -0.423. The molecule has 23 heavy (non-hydrogen) atoms. The number of hydrazine groups is 1. The Kier molecular flexibility index (Phi) is 5.75. The quantitative estimate of drug-likeness (QED) is 0.643. The van der Waals surface area contributed by atoms with Gasteiger partial charge in [-0.05, 0) is 32.9 Å². The lowest BCUT2D eigenvalue weighted by Gasteiger charge is -2.14. The lowest BCUT2D eigenvalue weighted by molar-refractivity contribution is -0.121. The summed E-state index contributed by atoms with van der Waals surface area (Å²) in [5.41, 5.74) is 5.31. The second kappa shape index (κ2) is 7.77. The zero-order valence-corrected chi connectivity index (χ0v) is 14.0. The van der Waals surface area contributed by atoms with Crippen molar-refractivity contribution in [2.24, 2.45) is 0 Å². The van der Waals surface area contributed by atoms with Crippen LogP contribution in [0.25, 0.3) is 0 Å². The minimum Gasteiger partial charge on any atom is -0.306 e. The van der Waals surface area contributed by atoms with Crippen LogP contribution >= 0.6 is 11.8 Å². The smallest absolute Gasteiger partial charge is 0.269 e. The van der Waals surface area contributed by atoms with E-state index in [1.165, 1.54) is 11.8 Å². The number of amides is 2. The number of hydrogen-bond donors (Lipinski definition) is 2. The van der Waals surface area contributed by atoms with Gasteiger partial charge in [-0.3, -0.25) is 20.4 Å². The van der Waals surface area contributed by atoms with Crippen LogP contribution in [0, 0.1) is 0 Å². The van der Waals surface area contributed by atoms with Gasteiger partial charge in [0, 0.05) is 11.6 Å². The molecule has 0 aliphatic carbocycles. The molecule has 0 aliphatic rings. The summed E-state index contributed by atoms with van der Waals surface area (Å²) in [4.78, 5) is 24.0. The van der Waals surface area contributed by atoms with Crippen LogP contribution in [-0.2, 0) is 4.79 Å². The fourth-order valence-corrected chi connectivity index (χ4v) is 2.72. The van der Waals surface area contributed by atoms with Crippen LogP contribution in [0.3, 0.4) is 0 Å². The Hall–Kier alpha value is -2.35.